The number of anilines is 1. The van der Waals surface area contributed by atoms with Crippen LogP contribution in [-0.2, 0) is 9.53 Å². The van der Waals surface area contributed by atoms with E-state index in [4.69, 9.17) is 4.74 Å². The third kappa shape index (κ3) is 6.01. The van der Waals surface area contributed by atoms with Crippen LogP contribution in [0.15, 0.2) is 22.8 Å². The number of amides is 2. The lowest BCUT2D eigenvalue weighted by molar-refractivity contribution is -0.117. The first-order valence-corrected chi connectivity index (χ1v) is 6.89. The van der Waals surface area contributed by atoms with Crippen molar-refractivity contribution >= 4 is 33.7 Å². The SMILES string of the molecule is C[C@H](NC(=O)OC(C)(C)C)C(=O)Nc1cccc(Br)n1. The predicted molar refractivity (Wildman–Crippen MR) is 79.4 cm³/mol. The van der Waals surface area contributed by atoms with Crippen molar-refractivity contribution in [3.63, 3.8) is 0 Å². The standard InChI is InChI=1S/C13H18BrN3O3/c1-8(15-12(19)20-13(2,3)4)11(18)17-10-7-5-6-9(14)16-10/h5-8H,1-4H3,(H,15,19)(H,16,17,18)/t8-/m0/s1. The maximum atomic E-state index is 11.9. The van der Waals surface area contributed by atoms with Gasteiger partial charge in [-0.15, -0.1) is 0 Å². The highest BCUT2D eigenvalue weighted by atomic mass is 79.9. The number of rotatable bonds is 3. The first-order valence-electron chi connectivity index (χ1n) is 6.10. The highest BCUT2D eigenvalue weighted by Gasteiger charge is 2.21. The smallest absolute Gasteiger partial charge is 0.408 e. The van der Waals surface area contributed by atoms with E-state index in [9.17, 15) is 9.59 Å². The Kier molecular flexibility index (Phi) is 5.50. The minimum Gasteiger partial charge on any atom is -0.444 e. The van der Waals surface area contributed by atoms with Gasteiger partial charge in [0, 0.05) is 0 Å². The van der Waals surface area contributed by atoms with Crippen molar-refractivity contribution < 1.29 is 14.3 Å². The Bertz CT molecular complexity index is 500. The predicted octanol–water partition coefficient (Wildman–Crippen LogP) is 2.70. The molecular weight excluding hydrogens is 326 g/mol. The molecular formula is C13H18BrN3O3. The number of hydrogen-bond acceptors (Lipinski definition) is 4. The molecule has 0 bridgehead atoms. The minimum atomic E-state index is -0.731. The maximum Gasteiger partial charge on any atom is 0.408 e. The number of carbonyl (C=O) groups excluding carboxylic acids is 2. The second-order valence-corrected chi connectivity index (χ2v) is 6.02. The molecule has 1 atom stereocenters. The fourth-order valence-corrected chi connectivity index (χ4v) is 1.61. The van der Waals surface area contributed by atoms with Crippen LogP contribution in [-0.4, -0.2) is 28.6 Å². The molecule has 6 nitrogen and oxygen atoms in total. The van der Waals surface area contributed by atoms with Gasteiger partial charge in [0.2, 0.25) is 5.91 Å². The lowest BCUT2D eigenvalue weighted by Gasteiger charge is -2.21. The molecule has 2 amide bonds. The van der Waals surface area contributed by atoms with Crippen LogP contribution in [0.3, 0.4) is 0 Å². The van der Waals surface area contributed by atoms with Gasteiger partial charge in [-0.3, -0.25) is 4.79 Å². The Morgan fingerprint density at radius 1 is 1.35 bits per heavy atom. The molecule has 0 aliphatic carbocycles. The molecule has 0 aliphatic heterocycles. The summed E-state index contributed by atoms with van der Waals surface area (Å²) in [6.07, 6.45) is -0.637. The summed E-state index contributed by atoms with van der Waals surface area (Å²) in [7, 11) is 0. The maximum absolute atomic E-state index is 11.9. The van der Waals surface area contributed by atoms with Gasteiger partial charge in [-0.2, -0.15) is 0 Å². The Labute approximate surface area is 126 Å². The van der Waals surface area contributed by atoms with Crippen LogP contribution < -0.4 is 10.6 Å². The van der Waals surface area contributed by atoms with E-state index in [2.05, 4.69) is 31.5 Å². The van der Waals surface area contributed by atoms with Crippen LogP contribution in [0.2, 0.25) is 0 Å². The monoisotopic (exact) mass is 343 g/mol. The summed E-state index contributed by atoms with van der Waals surface area (Å²) in [5.41, 5.74) is -0.605. The molecule has 0 saturated heterocycles. The molecule has 0 fully saturated rings. The van der Waals surface area contributed by atoms with Crippen molar-refractivity contribution in [1.29, 1.82) is 0 Å². The first kappa shape index (κ1) is 16.4. The molecule has 0 saturated carbocycles. The number of nitrogens with one attached hydrogen (secondary N) is 2. The Balaban J connectivity index is 2.53. The molecule has 0 spiro atoms. The van der Waals surface area contributed by atoms with Crippen molar-refractivity contribution in [2.24, 2.45) is 0 Å². The summed E-state index contributed by atoms with van der Waals surface area (Å²) < 4.78 is 5.69. The number of hydrogen-bond donors (Lipinski definition) is 2. The van der Waals surface area contributed by atoms with Crippen molar-refractivity contribution in [3.8, 4) is 0 Å². The molecule has 1 heterocycles. The van der Waals surface area contributed by atoms with E-state index in [1.807, 2.05) is 0 Å². The van der Waals surface area contributed by atoms with E-state index in [1.165, 1.54) is 0 Å². The van der Waals surface area contributed by atoms with Gasteiger partial charge in [0.1, 0.15) is 22.1 Å². The quantitative estimate of drug-likeness (QED) is 0.827. The summed E-state index contributed by atoms with van der Waals surface area (Å²) in [6, 6.07) is 4.42. The molecule has 0 radical (unpaired) electrons. The average molecular weight is 344 g/mol. The van der Waals surface area contributed by atoms with E-state index < -0.39 is 17.7 Å². The molecule has 1 aromatic heterocycles. The van der Waals surface area contributed by atoms with Gasteiger partial charge >= 0.3 is 6.09 Å². The van der Waals surface area contributed by atoms with E-state index in [0.717, 1.165) is 0 Å². The highest BCUT2D eigenvalue weighted by molar-refractivity contribution is 9.10. The van der Waals surface area contributed by atoms with E-state index in [-0.39, 0.29) is 5.91 Å². The molecule has 110 valence electrons. The third-order valence-electron chi connectivity index (χ3n) is 2.09. The lowest BCUT2D eigenvalue weighted by atomic mass is 10.2. The molecule has 1 aromatic rings. The van der Waals surface area contributed by atoms with Gasteiger partial charge in [-0.1, -0.05) is 6.07 Å². The summed E-state index contributed by atoms with van der Waals surface area (Å²) in [6.45, 7) is 6.82. The summed E-state index contributed by atoms with van der Waals surface area (Å²) >= 11 is 3.21. The van der Waals surface area contributed by atoms with Crippen molar-refractivity contribution in [3.05, 3.63) is 22.8 Å². The first-order chi connectivity index (χ1) is 9.17. The minimum absolute atomic E-state index is 0.374. The van der Waals surface area contributed by atoms with Crippen LogP contribution >= 0.6 is 15.9 Å². The normalized spacial score (nSPS) is 12.4. The van der Waals surface area contributed by atoms with Crippen LogP contribution in [0.4, 0.5) is 10.6 Å². The average Bonchev–Trinajstić information content (AvgIpc) is 2.25. The number of alkyl carbamates (subject to hydrolysis) is 1. The van der Waals surface area contributed by atoms with Crippen LogP contribution in [0.5, 0.6) is 0 Å². The second-order valence-electron chi connectivity index (χ2n) is 5.20. The molecule has 0 aromatic carbocycles. The Hall–Kier alpha value is -1.63. The molecule has 1 rings (SSSR count). The number of ether oxygens (including phenoxy) is 1. The molecule has 20 heavy (non-hydrogen) atoms. The van der Waals surface area contributed by atoms with Gasteiger partial charge in [0.05, 0.1) is 0 Å². The molecule has 2 N–H and O–H groups in total. The molecule has 0 unspecified atom stereocenters. The number of pyridine rings is 1. The zero-order valence-corrected chi connectivity index (χ0v) is 13.4. The summed E-state index contributed by atoms with van der Waals surface area (Å²) in [4.78, 5) is 27.5. The number of nitrogens with zero attached hydrogens (tertiary/aromatic N) is 1. The zero-order chi connectivity index (χ0) is 15.3. The lowest BCUT2D eigenvalue weighted by Crippen LogP contribution is -2.44. The zero-order valence-electron chi connectivity index (χ0n) is 11.9. The highest BCUT2D eigenvalue weighted by Crippen LogP contribution is 2.10. The summed E-state index contributed by atoms with van der Waals surface area (Å²) in [5.74, 6) is 0.0312. The van der Waals surface area contributed by atoms with Crippen LogP contribution in [0.25, 0.3) is 0 Å². The van der Waals surface area contributed by atoms with Gasteiger partial charge in [-0.05, 0) is 55.8 Å². The van der Waals surface area contributed by atoms with Crippen LogP contribution in [0.1, 0.15) is 27.7 Å². The Morgan fingerprint density at radius 2 is 2.00 bits per heavy atom. The number of carbonyl (C=O) groups is 2. The largest absolute Gasteiger partial charge is 0.444 e. The number of aromatic nitrogens is 1. The Morgan fingerprint density at radius 3 is 2.55 bits per heavy atom. The molecule has 0 aliphatic rings. The van der Waals surface area contributed by atoms with Crippen LogP contribution in [0, 0.1) is 0 Å². The topological polar surface area (TPSA) is 80.3 Å². The van der Waals surface area contributed by atoms with E-state index in [0.29, 0.717) is 10.4 Å². The van der Waals surface area contributed by atoms with Gasteiger partial charge in [0.25, 0.3) is 0 Å². The van der Waals surface area contributed by atoms with E-state index in [1.54, 1.807) is 45.9 Å². The fourth-order valence-electron chi connectivity index (χ4n) is 1.26. The van der Waals surface area contributed by atoms with Crippen molar-refractivity contribution in [2.45, 2.75) is 39.3 Å². The third-order valence-corrected chi connectivity index (χ3v) is 2.53. The molecule has 7 heteroatoms. The van der Waals surface area contributed by atoms with Crippen molar-refractivity contribution in [2.75, 3.05) is 5.32 Å². The number of halogens is 1. The fraction of sp³-hybridized carbons (Fsp3) is 0.462. The van der Waals surface area contributed by atoms with Crippen molar-refractivity contribution in [1.82, 2.24) is 10.3 Å². The second kappa shape index (κ2) is 6.69. The van der Waals surface area contributed by atoms with Gasteiger partial charge < -0.3 is 15.4 Å². The van der Waals surface area contributed by atoms with Gasteiger partial charge in [0.15, 0.2) is 0 Å². The van der Waals surface area contributed by atoms with Gasteiger partial charge in [-0.25, -0.2) is 9.78 Å². The van der Waals surface area contributed by atoms with E-state index >= 15 is 0 Å². The summed E-state index contributed by atoms with van der Waals surface area (Å²) in [5, 5.41) is 5.06.